The molecular formula is C15H21N3O. The Balaban J connectivity index is 1.83. The average Bonchev–Trinajstić information content (AvgIpc) is 2.99. The highest BCUT2D eigenvalue weighted by atomic mass is 16.2. The van der Waals surface area contributed by atoms with E-state index >= 15 is 0 Å². The lowest BCUT2D eigenvalue weighted by Gasteiger charge is -2.27. The van der Waals surface area contributed by atoms with Gasteiger partial charge in [-0.1, -0.05) is 13.3 Å². The molecule has 1 aliphatic heterocycles. The number of hydrogen-bond acceptors (Lipinski definition) is 3. The van der Waals surface area contributed by atoms with Crippen molar-refractivity contribution >= 4 is 11.7 Å². The van der Waals surface area contributed by atoms with Gasteiger partial charge in [-0.15, -0.1) is 0 Å². The van der Waals surface area contributed by atoms with E-state index in [4.69, 9.17) is 5.73 Å². The lowest BCUT2D eigenvalue weighted by atomic mass is 10.1. The van der Waals surface area contributed by atoms with Crippen LogP contribution >= 0.6 is 0 Å². The first kappa shape index (κ1) is 12.5. The van der Waals surface area contributed by atoms with Gasteiger partial charge in [0.15, 0.2) is 0 Å². The van der Waals surface area contributed by atoms with Gasteiger partial charge in [-0.05, 0) is 43.7 Å². The quantitative estimate of drug-likeness (QED) is 0.905. The Morgan fingerprint density at radius 3 is 2.95 bits per heavy atom. The maximum absolute atomic E-state index is 12.6. The number of pyridine rings is 1. The largest absolute Gasteiger partial charge is 0.384 e. The molecule has 1 saturated carbocycles. The second-order valence-corrected chi connectivity index (χ2v) is 5.81. The molecule has 1 amide bonds. The van der Waals surface area contributed by atoms with E-state index < -0.39 is 0 Å². The number of nitrogens with two attached hydrogens (primary N) is 1. The molecule has 2 heterocycles. The Labute approximate surface area is 114 Å². The molecule has 1 aromatic rings. The maximum Gasteiger partial charge on any atom is 0.254 e. The van der Waals surface area contributed by atoms with Crippen molar-refractivity contribution in [2.45, 2.75) is 45.1 Å². The van der Waals surface area contributed by atoms with Crippen molar-refractivity contribution in [2.24, 2.45) is 5.92 Å². The first-order valence-electron chi connectivity index (χ1n) is 7.24. The van der Waals surface area contributed by atoms with Gasteiger partial charge in [0.1, 0.15) is 5.82 Å². The molecule has 0 aromatic carbocycles. The van der Waals surface area contributed by atoms with Gasteiger partial charge in [-0.2, -0.15) is 0 Å². The fraction of sp³-hybridized carbons (Fsp3) is 0.600. The van der Waals surface area contributed by atoms with E-state index in [0.717, 1.165) is 31.0 Å². The number of likely N-dealkylation sites (tertiary alicyclic amines) is 1. The molecule has 19 heavy (non-hydrogen) atoms. The van der Waals surface area contributed by atoms with Gasteiger partial charge in [0, 0.05) is 23.8 Å². The fourth-order valence-electron chi connectivity index (χ4n) is 3.46. The van der Waals surface area contributed by atoms with Gasteiger partial charge in [0.2, 0.25) is 0 Å². The summed E-state index contributed by atoms with van der Waals surface area (Å²) in [5.41, 5.74) is 7.46. The zero-order valence-electron chi connectivity index (χ0n) is 11.4. The third kappa shape index (κ3) is 2.31. The van der Waals surface area contributed by atoms with E-state index in [1.165, 1.54) is 19.3 Å². The first-order valence-corrected chi connectivity index (χ1v) is 7.24. The molecule has 1 aliphatic carbocycles. The topological polar surface area (TPSA) is 59.2 Å². The molecule has 0 spiro atoms. The monoisotopic (exact) mass is 259 g/mol. The first-order chi connectivity index (χ1) is 9.17. The van der Waals surface area contributed by atoms with Crippen LogP contribution < -0.4 is 5.73 Å². The van der Waals surface area contributed by atoms with Crippen LogP contribution in [0.25, 0.3) is 0 Å². The number of aromatic nitrogens is 1. The molecule has 2 unspecified atom stereocenters. The molecule has 2 N–H and O–H groups in total. The van der Waals surface area contributed by atoms with Crippen molar-refractivity contribution in [1.82, 2.24) is 9.88 Å². The predicted molar refractivity (Wildman–Crippen MR) is 74.8 cm³/mol. The molecule has 2 atom stereocenters. The highest BCUT2D eigenvalue weighted by molar-refractivity contribution is 5.95. The molecule has 4 heteroatoms. The van der Waals surface area contributed by atoms with Crippen LogP contribution in [0.1, 0.15) is 48.7 Å². The van der Waals surface area contributed by atoms with Gasteiger partial charge in [-0.3, -0.25) is 4.79 Å². The second kappa shape index (κ2) is 4.83. The summed E-state index contributed by atoms with van der Waals surface area (Å²) in [5.74, 6) is 1.32. The van der Waals surface area contributed by atoms with Crippen LogP contribution in [0, 0.1) is 5.92 Å². The summed E-state index contributed by atoms with van der Waals surface area (Å²) in [6.45, 7) is 3.03. The fourth-order valence-corrected chi connectivity index (χ4v) is 3.46. The molecule has 1 aromatic heterocycles. The van der Waals surface area contributed by atoms with Crippen molar-refractivity contribution in [3.8, 4) is 0 Å². The number of piperidine rings is 1. The van der Waals surface area contributed by atoms with Crippen molar-refractivity contribution in [2.75, 3.05) is 12.3 Å². The van der Waals surface area contributed by atoms with Crippen LogP contribution in [-0.2, 0) is 6.42 Å². The number of fused-ring (bicyclic) bond motifs is 2. The number of hydrogen-bond donors (Lipinski definition) is 1. The lowest BCUT2D eigenvalue weighted by molar-refractivity contribution is 0.0703. The van der Waals surface area contributed by atoms with Crippen molar-refractivity contribution in [3.63, 3.8) is 0 Å². The maximum atomic E-state index is 12.6. The number of rotatable bonds is 3. The lowest BCUT2D eigenvalue weighted by Crippen LogP contribution is -2.37. The zero-order valence-corrected chi connectivity index (χ0v) is 11.4. The number of aryl methyl sites for hydroxylation is 1. The number of anilines is 1. The third-order valence-electron chi connectivity index (χ3n) is 4.32. The van der Waals surface area contributed by atoms with E-state index in [1.54, 1.807) is 6.07 Å². The van der Waals surface area contributed by atoms with Crippen LogP contribution in [0.2, 0.25) is 0 Å². The van der Waals surface area contributed by atoms with Gasteiger partial charge >= 0.3 is 0 Å². The highest BCUT2D eigenvalue weighted by Crippen LogP contribution is 2.38. The molecular weight excluding hydrogens is 238 g/mol. The Morgan fingerprint density at radius 1 is 1.47 bits per heavy atom. The summed E-state index contributed by atoms with van der Waals surface area (Å²) < 4.78 is 0. The molecule has 0 radical (unpaired) electrons. The Bertz CT molecular complexity index is 500. The SMILES string of the molecule is CCCc1cc(C(=O)N2CC3CCC2C3)cc(N)n1. The van der Waals surface area contributed by atoms with Crippen LogP contribution in [-0.4, -0.2) is 28.4 Å². The summed E-state index contributed by atoms with van der Waals surface area (Å²) in [7, 11) is 0. The average molecular weight is 259 g/mol. The van der Waals surface area contributed by atoms with Crippen molar-refractivity contribution in [1.29, 1.82) is 0 Å². The van der Waals surface area contributed by atoms with Crippen LogP contribution in [0.5, 0.6) is 0 Å². The Hall–Kier alpha value is -1.58. The summed E-state index contributed by atoms with van der Waals surface area (Å²) in [4.78, 5) is 18.9. The molecule has 2 fully saturated rings. The molecule has 1 saturated heterocycles. The third-order valence-corrected chi connectivity index (χ3v) is 4.32. The van der Waals surface area contributed by atoms with E-state index in [0.29, 0.717) is 17.4 Å². The van der Waals surface area contributed by atoms with Gasteiger partial charge in [-0.25, -0.2) is 4.98 Å². The van der Waals surface area contributed by atoms with Gasteiger partial charge in [0.05, 0.1) is 0 Å². The molecule has 102 valence electrons. The van der Waals surface area contributed by atoms with Gasteiger partial charge in [0.25, 0.3) is 5.91 Å². The summed E-state index contributed by atoms with van der Waals surface area (Å²) in [6.07, 6.45) is 5.52. The predicted octanol–water partition coefficient (Wildman–Crippen LogP) is 2.24. The summed E-state index contributed by atoms with van der Waals surface area (Å²) in [5, 5.41) is 0. The minimum Gasteiger partial charge on any atom is -0.384 e. The van der Waals surface area contributed by atoms with E-state index in [-0.39, 0.29) is 5.91 Å². The molecule has 3 rings (SSSR count). The number of carbonyl (C=O) groups excluding carboxylic acids is 1. The minimum atomic E-state index is 0.138. The normalized spacial score (nSPS) is 25.0. The molecule has 4 nitrogen and oxygen atoms in total. The van der Waals surface area contributed by atoms with E-state index in [2.05, 4.69) is 11.9 Å². The Morgan fingerprint density at radius 2 is 2.32 bits per heavy atom. The minimum absolute atomic E-state index is 0.138. The van der Waals surface area contributed by atoms with Crippen LogP contribution in [0.4, 0.5) is 5.82 Å². The number of nitrogen functional groups attached to an aromatic ring is 1. The number of carbonyl (C=O) groups is 1. The van der Waals surface area contributed by atoms with E-state index in [9.17, 15) is 4.79 Å². The van der Waals surface area contributed by atoms with Crippen LogP contribution in [0.15, 0.2) is 12.1 Å². The Kier molecular flexibility index (Phi) is 3.17. The zero-order chi connectivity index (χ0) is 13.4. The molecule has 2 bridgehead atoms. The summed E-state index contributed by atoms with van der Waals surface area (Å²) >= 11 is 0. The second-order valence-electron chi connectivity index (χ2n) is 5.81. The smallest absolute Gasteiger partial charge is 0.254 e. The highest BCUT2D eigenvalue weighted by Gasteiger charge is 2.40. The number of amides is 1. The van der Waals surface area contributed by atoms with E-state index in [1.807, 2.05) is 11.0 Å². The van der Waals surface area contributed by atoms with Gasteiger partial charge < -0.3 is 10.6 Å². The summed E-state index contributed by atoms with van der Waals surface area (Å²) in [6, 6.07) is 4.09. The number of nitrogens with zero attached hydrogens (tertiary/aromatic N) is 2. The standard InChI is InChI=1S/C15H21N3O/c1-2-3-12-7-11(8-14(16)17-12)15(19)18-9-10-4-5-13(18)6-10/h7-8,10,13H,2-6,9H2,1H3,(H2,16,17). The van der Waals surface area contributed by atoms with Crippen molar-refractivity contribution in [3.05, 3.63) is 23.4 Å². The molecule has 2 aliphatic rings. The van der Waals surface area contributed by atoms with Crippen LogP contribution in [0.3, 0.4) is 0 Å². The van der Waals surface area contributed by atoms with Crippen molar-refractivity contribution < 1.29 is 4.79 Å².